The second-order valence-electron chi connectivity index (χ2n) is 3.18. The molecule has 1 unspecified atom stereocenters. The van der Waals surface area contributed by atoms with E-state index in [4.69, 9.17) is 15.0 Å². The summed E-state index contributed by atoms with van der Waals surface area (Å²) in [6.07, 6.45) is 2.56. The van der Waals surface area contributed by atoms with Gasteiger partial charge >= 0.3 is 0 Å². The van der Waals surface area contributed by atoms with Crippen LogP contribution in [-0.4, -0.2) is 12.0 Å². The highest BCUT2D eigenvalue weighted by Gasteiger charge is 2.17. The van der Waals surface area contributed by atoms with E-state index < -0.39 is 6.10 Å². The number of hydrogen-bond acceptors (Lipinski definition) is 4. The minimum Gasteiger partial charge on any atom is -0.467 e. The first-order valence-electron chi connectivity index (χ1n) is 4.92. The zero-order valence-electron chi connectivity index (χ0n) is 8.73. The van der Waals surface area contributed by atoms with E-state index in [9.17, 15) is 4.79 Å². The number of ether oxygens (including phenoxy) is 1. The van der Waals surface area contributed by atoms with Gasteiger partial charge in [0.2, 0.25) is 0 Å². The molecular formula is C10H16N2O3. The molecule has 0 aliphatic rings. The van der Waals surface area contributed by atoms with Crippen molar-refractivity contribution < 1.29 is 13.9 Å². The van der Waals surface area contributed by atoms with Gasteiger partial charge in [0, 0.05) is 0 Å². The van der Waals surface area contributed by atoms with Gasteiger partial charge in [-0.2, -0.15) is 0 Å². The van der Waals surface area contributed by atoms with Crippen molar-refractivity contribution in [2.24, 2.45) is 5.84 Å². The number of hydrogen-bond donors (Lipinski definition) is 2. The van der Waals surface area contributed by atoms with Crippen LogP contribution in [0.3, 0.4) is 0 Å². The Morgan fingerprint density at radius 3 is 3.07 bits per heavy atom. The van der Waals surface area contributed by atoms with Gasteiger partial charge in [-0.3, -0.25) is 10.2 Å². The fourth-order valence-electron chi connectivity index (χ4n) is 1.22. The van der Waals surface area contributed by atoms with Crippen molar-refractivity contribution in [1.29, 1.82) is 0 Å². The van der Waals surface area contributed by atoms with Crippen LogP contribution in [0.4, 0.5) is 0 Å². The van der Waals surface area contributed by atoms with Gasteiger partial charge in [0.25, 0.3) is 5.91 Å². The van der Waals surface area contributed by atoms with Crippen LogP contribution in [0.1, 0.15) is 25.5 Å². The van der Waals surface area contributed by atoms with E-state index in [1.807, 2.05) is 6.92 Å². The average molecular weight is 212 g/mol. The topological polar surface area (TPSA) is 77.5 Å². The number of nitrogens with two attached hydrogens (primary N) is 1. The predicted molar refractivity (Wildman–Crippen MR) is 54.5 cm³/mol. The van der Waals surface area contributed by atoms with E-state index in [-0.39, 0.29) is 12.5 Å². The number of amides is 1. The summed E-state index contributed by atoms with van der Waals surface area (Å²) >= 11 is 0. The highest BCUT2D eigenvalue weighted by molar-refractivity contribution is 5.80. The lowest BCUT2D eigenvalue weighted by Crippen LogP contribution is -2.40. The van der Waals surface area contributed by atoms with Gasteiger partial charge in [0.1, 0.15) is 18.5 Å². The van der Waals surface area contributed by atoms with Crippen molar-refractivity contribution in [2.45, 2.75) is 32.5 Å². The molecular weight excluding hydrogens is 196 g/mol. The fraction of sp³-hybridized carbons (Fsp3) is 0.500. The minimum absolute atomic E-state index is 0.283. The molecule has 0 bridgehead atoms. The van der Waals surface area contributed by atoms with Crippen LogP contribution in [0.5, 0.6) is 0 Å². The largest absolute Gasteiger partial charge is 0.467 e. The van der Waals surface area contributed by atoms with Crippen molar-refractivity contribution in [3.05, 3.63) is 24.2 Å². The number of rotatable bonds is 6. The second kappa shape index (κ2) is 6.21. The van der Waals surface area contributed by atoms with Crippen LogP contribution >= 0.6 is 0 Å². The molecule has 0 aliphatic heterocycles. The van der Waals surface area contributed by atoms with Crippen LogP contribution in [0.2, 0.25) is 0 Å². The summed E-state index contributed by atoms with van der Waals surface area (Å²) in [5.74, 6) is 5.44. The summed E-state index contributed by atoms with van der Waals surface area (Å²) in [6, 6.07) is 3.57. The van der Waals surface area contributed by atoms with Crippen LogP contribution in [0.25, 0.3) is 0 Å². The number of hydrazine groups is 1. The second-order valence-corrected chi connectivity index (χ2v) is 3.18. The molecule has 0 saturated carbocycles. The van der Waals surface area contributed by atoms with Crippen LogP contribution in [0.15, 0.2) is 22.8 Å². The Kier molecular flexibility index (Phi) is 4.86. The maximum atomic E-state index is 11.3. The summed E-state index contributed by atoms with van der Waals surface area (Å²) in [4.78, 5) is 11.3. The van der Waals surface area contributed by atoms with E-state index in [0.29, 0.717) is 12.2 Å². The lowest BCUT2D eigenvalue weighted by molar-refractivity contribution is -0.134. The van der Waals surface area contributed by atoms with E-state index in [1.54, 1.807) is 18.4 Å². The quantitative estimate of drug-likeness (QED) is 0.418. The first kappa shape index (κ1) is 11.7. The average Bonchev–Trinajstić information content (AvgIpc) is 2.76. The molecule has 0 aliphatic carbocycles. The van der Waals surface area contributed by atoms with Crippen molar-refractivity contribution in [3.8, 4) is 0 Å². The third-order valence-electron chi connectivity index (χ3n) is 1.99. The Hall–Kier alpha value is -1.33. The van der Waals surface area contributed by atoms with Gasteiger partial charge in [-0.15, -0.1) is 0 Å². The van der Waals surface area contributed by atoms with E-state index in [2.05, 4.69) is 5.43 Å². The van der Waals surface area contributed by atoms with E-state index in [1.165, 1.54) is 0 Å². The van der Waals surface area contributed by atoms with E-state index >= 15 is 0 Å². The van der Waals surface area contributed by atoms with Gasteiger partial charge in [-0.25, -0.2) is 5.84 Å². The summed E-state index contributed by atoms with van der Waals surface area (Å²) in [6.45, 7) is 2.26. The summed E-state index contributed by atoms with van der Waals surface area (Å²) in [7, 11) is 0. The normalized spacial score (nSPS) is 12.4. The van der Waals surface area contributed by atoms with E-state index in [0.717, 1.165) is 6.42 Å². The van der Waals surface area contributed by atoms with Crippen LogP contribution in [0, 0.1) is 0 Å². The summed E-state index contributed by atoms with van der Waals surface area (Å²) in [5.41, 5.74) is 2.09. The monoisotopic (exact) mass is 212 g/mol. The number of carbonyl (C=O) groups excluding carboxylic acids is 1. The first-order chi connectivity index (χ1) is 7.27. The Morgan fingerprint density at radius 2 is 2.53 bits per heavy atom. The molecule has 1 heterocycles. The van der Waals surface area contributed by atoms with Crippen molar-refractivity contribution in [2.75, 3.05) is 0 Å². The molecule has 0 saturated heterocycles. The lowest BCUT2D eigenvalue weighted by atomic mass is 10.2. The fourth-order valence-corrected chi connectivity index (χ4v) is 1.22. The molecule has 1 amide bonds. The SMILES string of the molecule is CCCC(OCc1ccco1)C(=O)NN. The molecule has 0 spiro atoms. The zero-order chi connectivity index (χ0) is 11.1. The highest BCUT2D eigenvalue weighted by Crippen LogP contribution is 2.08. The lowest BCUT2D eigenvalue weighted by Gasteiger charge is -2.14. The number of carbonyl (C=O) groups is 1. The van der Waals surface area contributed by atoms with Gasteiger partial charge in [-0.05, 0) is 18.6 Å². The van der Waals surface area contributed by atoms with Crippen molar-refractivity contribution >= 4 is 5.91 Å². The standard InChI is InChI=1S/C10H16N2O3/c1-2-4-9(10(13)12-11)15-7-8-5-3-6-14-8/h3,5-6,9H,2,4,7,11H2,1H3,(H,12,13). The summed E-state index contributed by atoms with van der Waals surface area (Å²) in [5, 5.41) is 0. The Bertz CT molecular complexity index is 285. The van der Waals surface area contributed by atoms with Gasteiger partial charge in [0.15, 0.2) is 0 Å². The van der Waals surface area contributed by atoms with Crippen LogP contribution < -0.4 is 11.3 Å². The molecule has 1 atom stereocenters. The Balaban J connectivity index is 2.41. The van der Waals surface area contributed by atoms with Gasteiger partial charge < -0.3 is 9.15 Å². The Morgan fingerprint density at radius 1 is 1.73 bits per heavy atom. The maximum Gasteiger partial charge on any atom is 0.263 e. The van der Waals surface area contributed by atoms with Crippen molar-refractivity contribution in [1.82, 2.24) is 5.43 Å². The third-order valence-corrected chi connectivity index (χ3v) is 1.99. The molecule has 0 fully saturated rings. The molecule has 0 aromatic carbocycles. The highest BCUT2D eigenvalue weighted by atomic mass is 16.5. The van der Waals surface area contributed by atoms with Crippen molar-refractivity contribution in [3.63, 3.8) is 0 Å². The molecule has 84 valence electrons. The number of furan rings is 1. The number of nitrogens with one attached hydrogen (secondary N) is 1. The third kappa shape index (κ3) is 3.73. The van der Waals surface area contributed by atoms with Crippen LogP contribution in [-0.2, 0) is 16.1 Å². The maximum absolute atomic E-state index is 11.3. The smallest absolute Gasteiger partial charge is 0.263 e. The minimum atomic E-state index is -0.509. The summed E-state index contributed by atoms with van der Waals surface area (Å²) < 4.78 is 10.5. The molecule has 5 heteroatoms. The van der Waals surface area contributed by atoms with Gasteiger partial charge in [0.05, 0.1) is 6.26 Å². The predicted octanol–water partition coefficient (Wildman–Crippen LogP) is 0.955. The zero-order valence-corrected chi connectivity index (χ0v) is 8.73. The Labute approximate surface area is 88.6 Å². The van der Waals surface area contributed by atoms with Gasteiger partial charge in [-0.1, -0.05) is 13.3 Å². The first-order valence-corrected chi connectivity index (χ1v) is 4.92. The molecule has 1 rings (SSSR count). The molecule has 3 N–H and O–H groups in total. The molecule has 15 heavy (non-hydrogen) atoms. The molecule has 0 radical (unpaired) electrons. The molecule has 1 aromatic rings. The molecule has 1 aromatic heterocycles. The molecule has 5 nitrogen and oxygen atoms in total.